The Balaban J connectivity index is 3.42. The smallest absolute Gasteiger partial charge is 0.466 e. The van der Waals surface area contributed by atoms with Crippen molar-refractivity contribution in [3.8, 4) is 0 Å². The number of unbranched alkanes of at least 4 members (excludes halogenated alkanes) is 2. The number of alkyl halides is 3. The fourth-order valence-corrected chi connectivity index (χ4v) is 1.11. The van der Waals surface area contributed by atoms with E-state index in [4.69, 9.17) is 0 Å². The van der Waals surface area contributed by atoms with Crippen LogP contribution < -0.4 is 5.32 Å². The van der Waals surface area contributed by atoms with Gasteiger partial charge < -0.3 is 10.1 Å². The summed E-state index contributed by atoms with van der Waals surface area (Å²) in [5.41, 5.74) is 0. The second-order valence-electron chi connectivity index (χ2n) is 3.37. The Labute approximate surface area is 97.5 Å². The Hall–Kier alpha value is -1.27. The maximum Gasteiger partial charge on any atom is 0.471 e. The third-order valence-corrected chi connectivity index (χ3v) is 1.91. The lowest BCUT2D eigenvalue weighted by atomic mass is 10.2. The number of ether oxygens (including phenoxy) is 1. The van der Waals surface area contributed by atoms with Crippen LogP contribution in [-0.2, 0) is 14.3 Å². The highest BCUT2D eigenvalue weighted by molar-refractivity contribution is 5.81. The van der Waals surface area contributed by atoms with Gasteiger partial charge in [0, 0.05) is 13.0 Å². The molecule has 0 aliphatic heterocycles. The van der Waals surface area contributed by atoms with E-state index in [-0.39, 0.29) is 18.9 Å². The number of hydrogen-bond acceptors (Lipinski definition) is 3. The van der Waals surface area contributed by atoms with Crippen molar-refractivity contribution in [3.05, 3.63) is 0 Å². The van der Waals surface area contributed by atoms with E-state index in [0.717, 1.165) is 0 Å². The SMILES string of the molecule is CCOC(=O)CCCCCNC(=O)C(F)(F)F. The number of nitrogens with one attached hydrogen (secondary N) is 1. The Bertz CT molecular complexity index is 254. The van der Waals surface area contributed by atoms with Crippen molar-refractivity contribution in [2.24, 2.45) is 0 Å². The summed E-state index contributed by atoms with van der Waals surface area (Å²) in [6.07, 6.45) is -3.06. The van der Waals surface area contributed by atoms with Crippen molar-refractivity contribution in [1.82, 2.24) is 5.32 Å². The first kappa shape index (κ1) is 15.7. The van der Waals surface area contributed by atoms with Crippen LogP contribution in [0, 0.1) is 0 Å². The van der Waals surface area contributed by atoms with Crippen molar-refractivity contribution in [2.75, 3.05) is 13.2 Å². The lowest BCUT2D eigenvalue weighted by Gasteiger charge is -2.07. The van der Waals surface area contributed by atoms with Gasteiger partial charge in [0.2, 0.25) is 0 Å². The maximum absolute atomic E-state index is 11.7. The molecular formula is C10H16F3NO3. The molecule has 0 rings (SSSR count). The minimum atomic E-state index is -4.83. The second kappa shape index (κ2) is 7.92. The third-order valence-electron chi connectivity index (χ3n) is 1.91. The molecule has 0 heterocycles. The van der Waals surface area contributed by atoms with Crippen LogP contribution in [0.1, 0.15) is 32.6 Å². The minimum Gasteiger partial charge on any atom is -0.466 e. The zero-order valence-electron chi connectivity index (χ0n) is 9.60. The first-order valence-corrected chi connectivity index (χ1v) is 5.38. The van der Waals surface area contributed by atoms with E-state index in [2.05, 4.69) is 4.74 Å². The van der Waals surface area contributed by atoms with Crippen LogP contribution >= 0.6 is 0 Å². The highest BCUT2D eigenvalue weighted by Gasteiger charge is 2.38. The quantitative estimate of drug-likeness (QED) is 0.557. The van der Waals surface area contributed by atoms with Crippen molar-refractivity contribution in [2.45, 2.75) is 38.8 Å². The van der Waals surface area contributed by atoms with Crippen LogP contribution in [0.4, 0.5) is 13.2 Å². The fraction of sp³-hybridized carbons (Fsp3) is 0.800. The average Bonchev–Trinajstić information content (AvgIpc) is 2.21. The Morgan fingerprint density at radius 3 is 2.35 bits per heavy atom. The summed E-state index contributed by atoms with van der Waals surface area (Å²) in [4.78, 5) is 21.3. The number of carbonyl (C=O) groups is 2. The normalized spacial score (nSPS) is 11.1. The van der Waals surface area contributed by atoms with Crippen molar-refractivity contribution >= 4 is 11.9 Å². The summed E-state index contributed by atoms with van der Waals surface area (Å²) in [6.45, 7) is 1.98. The number of rotatable bonds is 7. The molecule has 0 spiro atoms. The Kier molecular flexibility index (Phi) is 7.32. The van der Waals surface area contributed by atoms with Gasteiger partial charge in [0.05, 0.1) is 6.61 Å². The molecule has 100 valence electrons. The van der Waals surface area contributed by atoms with Gasteiger partial charge in [-0.3, -0.25) is 9.59 Å². The highest BCUT2D eigenvalue weighted by atomic mass is 19.4. The van der Waals surface area contributed by atoms with Gasteiger partial charge in [0.25, 0.3) is 0 Å². The third kappa shape index (κ3) is 8.53. The fourth-order valence-electron chi connectivity index (χ4n) is 1.11. The maximum atomic E-state index is 11.7. The summed E-state index contributed by atoms with van der Waals surface area (Å²) in [7, 11) is 0. The van der Waals surface area contributed by atoms with Crippen LogP contribution in [-0.4, -0.2) is 31.2 Å². The van der Waals surface area contributed by atoms with Gasteiger partial charge in [-0.1, -0.05) is 6.42 Å². The minimum absolute atomic E-state index is 0.0405. The number of amides is 1. The molecule has 0 unspecified atom stereocenters. The molecule has 1 N–H and O–H groups in total. The molecule has 4 nitrogen and oxygen atoms in total. The predicted octanol–water partition coefficient (Wildman–Crippen LogP) is 1.79. The van der Waals surface area contributed by atoms with Gasteiger partial charge in [-0.2, -0.15) is 13.2 Å². The summed E-state index contributed by atoms with van der Waals surface area (Å²) < 4.78 is 39.9. The lowest BCUT2D eigenvalue weighted by Crippen LogP contribution is -2.37. The summed E-state index contributed by atoms with van der Waals surface area (Å²) in [5.74, 6) is -2.24. The van der Waals surface area contributed by atoms with Gasteiger partial charge in [-0.15, -0.1) is 0 Å². The van der Waals surface area contributed by atoms with E-state index in [1.807, 2.05) is 0 Å². The zero-order chi connectivity index (χ0) is 13.3. The topological polar surface area (TPSA) is 55.4 Å². The summed E-state index contributed by atoms with van der Waals surface area (Å²) in [5, 5.41) is 1.76. The number of halogens is 3. The van der Waals surface area contributed by atoms with E-state index in [0.29, 0.717) is 25.9 Å². The molecule has 0 aliphatic carbocycles. The van der Waals surface area contributed by atoms with Crippen LogP contribution in [0.5, 0.6) is 0 Å². The van der Waals surface area contributed by atoms with Crippen LogP contribution in [0.2, 0.25) is 0 Å². The molecule has 0 atom stereocenters. The first-order chi connectivity index (χ1) is 7.88. The molecule has 0 aliphatic rings. The van der Waals surface area contributed by atoms with E-state index < -0.39 is 12.1 Å². The highest BCUT2D eigenvalue weighted by Crippen LogP contribution is 2.14. The summed E-state index contributed by atoms with van der Waals surface area (Å²) in [6, 6.07) is 0. The van der Waals surface area contributed by atoms with Crippen LogP contribution in [0.3, 0.4) is 0 Å². The molecule has 0 saturated carbocycles. The van der Waals surface area contributed by atoms with Crippen molar-refractivity contribution in [1.29, 1.82) is 0 Å². The van der Waals surface area contributed by atoms with E-state index in [1.54, 1.807) is 12.2 Å². The standard InChI is InChI=1S/C10H16F3NO3/c1-2-17-8(15)6-4-3-5-7-14-9(16)10(11,12)13/h2-7H2,1H3,(H,14,16). The van der Waals surface area contributed by atoms with Gasteiger partial charge in [-0.05, 0) is 19.8 Å². The van der Waals surface area contributed by atoms with Crippen LogP contribution in [0.15, 0.2) is 0 Å². The zero-order valence-corrected chi connectivity index (χ0v) is 9.60. The molecule has 7 heteroatoms. The summed E-state index contributed by atoms with van der Waals surface area (Å²) >= 11 is 0. The molecule has 1 amide bonds. The number of hydrogen-bond donors (Lipinski definition) is 1. The number of esters is 1. The van der Waals surface area contributed by atoms with Gasteiger partial charge in [0.1, 0.15) is 0 Å². The molecule has 0 radical (unpaired) electrons. The molecule has 17 heavy (non-hydrogen) atoms. The van der Waals surface area contributed by atoms with Gasteiger partial charge in [-0.25, -0.2) is 0 Å². The van der Waals surface area contributed by atoms with E-state index in [1.165, 1.54) is 0 Å². The van der Waals surface area contributed by atoms with E-state index in [9.17, 15) is 22.8 Å². The van der Waals surface area contributed by atoms with Crippen LogP contribution in [0.25, 0.3) is 0 Å². The average molecular weight is 255 g/mol. The predicted molar refractivity (Wildman–Crippen MR) is 54.2 cm³/mol. The first-order valence-electron chi connectivity index (χ1n) is 5.38. The largest absolute Gasteiger partial charge is 0.471 e. The Morgan fingerprint density at radius 1 is 1.18 bits per heavy atom. The monoisotopic (exact) mass is 255 g/mol. The second-order valence-corrected chi connectivity index (χ2v) is 3.37. The number of carbonyl (C=O) groups excluding carboxylic acids is 2. The van der Waals surface area contributed by atoms with E-state index >= 15 is 0 Å². The van der Waals surface area contributed by atoms with Crippen molar-refractivity contribution < 1.29 is 27.5 Å². The molecule has 0 aromatic rings. The van der Waals surface area contributed by atoms with Gasteiger partial charge >= 0.3 is 18.1 Å². The lowest BCUT2D eigenvalue weighted by molar-refractivity contribution is -0.173. The molecule has 0 bridgehead atoms. The van der Waals surface area contributed by atoms with Gasteiger partial charge in [0.15, 0.2) is 0 Å². The molecule has 0 saturated heterocycles. The molecule has 0 aromatic heterocycles. The molecule has 0 fully saturated rings. The Morgan fingerprint density at radius 2 is 1.82 bits per heavy atom. The molecular weight excluding hydrogens is 239 g/mol. The molecule has 0 aromatic carbocycles. The van der Waals surface area contributed by atoms with Crippen molar-refractivity contribution in [3.63, 3.8) is 0 Å².